The second-order valence-corrected chi connectivity index (χ2v) is 5.28. The number of hydrogen-bond donors (Lipinski definition) is 3. The summed E-state index contributed by atoms with van der Waals surface area (Å²) in [5.41, 5.74) is 10.1. The molecule has 0 aromatic heterocycles. The predicted octanol–water partition coefficient (Wildman–Crippen LogP) is 3.27. The minimum absolute atomic E-state index is 0.00689. The maximum absolute atomic E-state index is 11.4. The Bertz CT molecular complexity index is 670. The van der Waals surface area contributed by atoms with E-state index in [9.17, 15) is 4.79 Å². The van der Waals surface area contributed by atoms with Gasteiger partial charge in [-0.2, -0.15) is 0 Å². The second kappa shape index (κ2) is 4.59. The smallest absolute Gasteiger partial charge is 0.228 e. The van der Waals surface area contributed by atoms with Crippen LogP contribution in [0, 0.1) is 0 Å². The Hall–Kier alpha value is -2.01. The van der Waals surface area contributed by atoms with Crippen LogP contribution in [0.25, 0.3) is 0 Å². The zero-order valence-corrected chi connectivity index (χ0v) is 11.6. The van der Waals surface area contributed by atoms with Crippen molar-refractivity contribution in [1.29, 1.82) is 0 Å². The largest absolute Gasteiger partial charge is 0.397 e. The zero-order valence-electron chi connectivity index (χ0n) is 10.0. The summed E-state index contributed by atoms with van der Waals surface area (Å²) >= 11 is 3.48. The van der Waals surface area contributed by atoms with Crippen LogP contribution in [-0.4, -0.2) is 5.91 Å². The summed E-state index contributed by atoms with van der Waals surface area (Å²) in [6.07, 6.45) is 0.398. The summed E-state index contributed by atoms with van der Waals surface area (Å²) in [5, 5.41) is 6.08. The molecule has 0 radical (unpaired) electrons. The van der Waals surface area contributed by atoms with E-state index in [1.54, 1.807) is 0 Å². The Kier molecular flexibility index (Phi) is 2.91. The van der Waals surface area contributed by atoms with Gasteiger partial charge in [-0.15, -0.1) is 0 Å². The van der Waals surface area contributed by atoms with Crippen molar-refractivity contribution in [3.63, 3.8) is 0 Å². The Labute approximate surface area is 119 Å². The van der Waals surface area contributed by atoms with Crippen LogP contribution in [0.3, 0.4) is 0 Å². The number of anilines is 4. The van der Waals surface area contributed by atoms with Gasteiger partial charge in [-0.05, 0) is 45.8 Å². The summed E-state index contributed by atoms with van der Waals surface area (Å²) < 4.78 is 0.957. The van der Waals surface area contributed by atoms with Crippen molar-refractivity contribution in [2.45, 2.75) is 6.42 Å². The van der Waals surface area contributed by atoms with Crippen molar-refractivity contribution in [1.82, 2.24) is 0 Å². The molecule has 96 valence electrons. The van der Waals surface area contributed by atoms with Gasteiger partial charge in [-0.3, -0.25) is 4.79 Å². The molecule has 4 nitrogen and oxygen atoms in total. The topological polar surface area (TPSA) is 67.2 Å². The molecule has 0 bridgehead atoms. The molecule has 1 amide bonds. The summed E-state index contributed by atoms with van der Waals surface area (Å²) in [6, 6.07) is 11.5. The normalized spacial score (nSPS) is 13.0. The molecule has 4 N–H and O–H groups in total. The lowest BCUT2D eigenvalue weighted by molar-refractivity contribution is -0.115. The molecule has 0 saturated heterocycles. The highest BCUT2D eigenvalue weighted by Gasteiger charge is 2.19. The van der Waals surface area contributed by atoms with E-state index in [0.717, 1.165) is 27.1 Å². The van der Waals surface area contributed by atoms with E-state index in [1.165, 1.54) is 0 Å². The van der Waals surface area contributed by atoms with Crippen molar-refractivity contribution >= 4 is 44.6 Å². The minimum Gasteiger partial charge on any atom is -0.397 e. The number of nitrogens with two attached hydrogens (primary N) is 1. The van der Waals surface area contributed by atoms with Gasteiger partial charge in [0, 0.05) is 10.2 Å². The molecule has 0 unspecified atom stereocenters. The molecule has 5 heteroatoms. The number of nitrogens with one attached hydrogen (secondary N) is 2. The van der Waals surface area contributed by atoms with E-state index in [-0.39, 0.29) is 5.91 Å². The first kappa shape index (κ1) is 12.0. The van der Waals surface area contributed by atoms with E-state index in [0.29, 0.717) is 12.1 Å². The predicted molar refractivity (Wildman–Crippen MR) is 80.6 cm³/mol. The number of nitrogen functional groups attached to an aromatic ring is 1. The van der Waals surface area contributed by atoms with Crippen molar-refractivity contribution in [2.75, 3.05) is 16.4 Å². The van der Waals surface area contributed by atoms with Crippen molar-refractivity contribution < 1.29 is 4.79 Å². The Morgan fingerprint density at radius 3 is 2.79 bits per heavy atom. The second-order valence-electron chi connectivity index (χ2n) is 4.43. The number of carbonyl (C=O) groups excluding carboxylic acids is 1. The Morgan fingerprint density at radius 2 is 2.00 bits per heavy atom. The van der Waals surface area contributed by atoms with Gasteiger partial charge >= 0.3 is 0 Å². The third kappa shape index (κ3) is 2.29. The van der Waals surface area contributed by atoms with Crippen LogP contribution in [0.2, 0.25) is 0 Å². The first-order chi connectivity index (χ1) is 9.13. The number of fused-ring (bicyclic) bond motifs is 1. The highest BCUT2D eigenvalue weighted by atomic mass is 79.9. The average Bonchev–Trinajstić information content (AvgIpc) is 2.71. The fraction of sp³-hybridized carbons (Fsp3) is 0.0714. The van der Waals surface area contributed by atoms with Crippen LogP contribution < -0.4 is 16.4 Å². The van der Waals surface area contributed by atoms with Gasteiger partial charge in [0.15, 0.2) is 0 Å². The average molecular weight is 318 g/mol. The molecule has 1 heterocycles. The fourth-order valence-corrected chi connectivity index (χ4v) is 2.49. The maximum Gasteiger partial charge on any atom is 0.228 e. The van der Waals surface area contributed by atoms with E-state index < -0.39 is 0 Å². The van der Waals surface area contributed by atoms with E-state index in [2.05, 4.69) is 26.6 Å². The molecule has 0 saturated carbocycles. The van der Waals surface area contributed by atoms with Crippen molar-refractivity contribution in [3.8, 4) is 0 Å². The zero-order chi connectivity index (χ0) is 13.4. The van der Waals surface area contributed by atoms with Crippen LogP contribution in [0.5, 0.6) is 0 Å². The van der Waals surface area contributed by atoms with Gasteiger partial charge in [0.05, 0.1) is 23.5 Å². The molecule has 1 aliphatic heterocycles. The van der Waals surface area contributed by atoms with Crippen LogP contribution in [0.1, 0.15) is 5.56 Å². The SMILES string of the molecule is Nc1cc2c(cc1Nc1ccccc1Br)NC(=O)C2. The van der Waals surface area contributed by atoms with Crippen LogP contribution in [-0.2, 0) is 11.2 Å². The molecular formula is C14H12BrN3O. The van der Waals surface area contributed by atoms with Gasteiger partial charge < -0.3 is 16.4 Å². The number of hydrogen-bond acceptors (Lipinski definition) is 3. The number of carbonyl (C=O) groups is 1. The molecule has 0 spiro atoms. The quantitative estimate of drug-likeness (QED) is 0.745. The molecule has 2 aromatic rings. The molecule has 1 aliphatic rings. The number of benzene rings is 2. The molecule has 0 aliphatic carbocycles. The van der Waals surface area contributed by atoms with E-state index >= 15 is 0 Å². The molecule has 2 aromatic carbocycles. The molecule has 0 fully saturated rings. The fourth-order valence-electron chi connectivity index (χ4n) is 2.11. The molecule has 3 rings (SSSR count). The third-order valence-corrected chi connectivity index (χ3v) is 3.74. The lowest BCUT2D eigenvalue weighted by Gasteiger charge is -2.12. The van der Waals surface area contributed by atoms with Gasteiger partial charge in [0.1, 0.15) is 0 Å². The first-order valence-corrected chi connectivity index (χ1v) is 6.66. The van der Waals surface area contributed by atoms with Crippen molar-refractivity contribution in [3.05, 3.63) is 46.4 Å². The van der Waals surface area contributed by atoms with Gasteiger partial charge in [0.25, 0.3) is 0 Å². The molecular weight excluding hydrogens is 306 g/mol. The van der Waals surface area contributed by atoms with Crippen molar-refractivity contribution in [2.24, 2.45) is 0 Å². The lowest BCUT2D eigenvalue weighted by atomic mass is 10.1. The lowest BCUT2D eigenvalue weighted by Crippen LogP contribution is -2.03. The number of halogens is 1. The van der Waals surface area contributed by atoms with E-state index in [4.69, 9.17) is 5.73 Å². The maximum atomic E-state index is 11.4. The Morgan fingerprint density at radius 1 is 1.21 bits per heavy atom. The minimum atomic E-state index is 0.00689. The number of rotatable bonds is 2. The van der Waals surface area contributed by atoms with Crippen LogP contribution in [0.15, 0.2) is 40.9 Å². The van der Waals surface area contributed by atoms with Crippen LogP contribution >= 0.6 is 15.9 Å². The third-order valence-electron chi connectivity index (χ3n) is 3.04. The summed E-state index contributed by atoms with van der Waals surface area (Å²) in [7, 11) is 0. The number of para-hydroxylation sites is 1. The standard InChI is InChI=1S/C14H12BrN3O/c15-9-3-1-2-4-11(9)17-13-7-12-8(5-10(13)16)6-14(19)18-12/h1-5,7,17H,6,16H2,(H,18,19). The highest BCUT2D eigenvalue weighted by Crippen LogP contribution is 2.34. The number of amides is 1. The van der Waals surface area contributed by atoms with Crippen LogP contribution in [0.4, 0.5) is 22.7 Å². The van der Waals surface area contributed by atoms with Gasteiger partial charge in [0.2, 0.25) is 5.91 Å². The van der Waals surface area contributed by atoms with Gasteiger partial charge in [-0.1, -0.05) is 12.1 Å². The summed E-state index contributed by atoms with van der Waals surface area (Å²) in [5.74, 6) is 0.00689. The molecule has 0 atom stereocenters. The summed E-state index contributed by atoms with van der Waals surface area (Å²) in [6.45, 7) is 0. The Balaban J connectivity index is 1.97. The first-order valence-electron chi connectivity index (χ1n) is 5.87. The monoisotopic (exact) mass is 317 g/mol. The summed E-state index contributed by atoms with van der Waals surface area (Å²) in [4.78, 5) is 11.4. The van der Waals surface area contributed by atoms with Gasteiger partial charge in [-0.25, -0.2) is 0 Å². The molecule has 19 heavy (non-hydrogen) atoms. The van der Waals surface area contributed by atoms with E-state index in [1.807, 2.05) is 36.4 Å². The highest BCUT2D eigenvalue weighted by molar-refractivity contribution is 9.10.